The highest BCUT2D eigenvalue weighted by atomic mass is 16.4. The zero-order chi connectivity index (χ0) is 14.7. The van der Waals surface area contributed by atoms with Crippen LogP contribution in [0.1, 0.15) is 18.1 Å². The zero-order valence-corrected chi connectivity index (χ0v) is 12.5. The number of likely N-dealkylation sites (tertiary alicyclic amines) is 1. The first-order valence-electron chi connectivity index (χ1n) is 6.97. The monoisotopic (exact) mass is 276 g/mol. The number of nitrogens with two attached hydrogens (primary N) is 1. The van der Waals surface area contributed by atoms with Crippen LogP contribution in [0.5, 0.6) is 0 Å². The third-order valence-electron chi connectivity index (χ3n) is 4.11. The summed E-state index contributed by atoms with van der Waals surface area (Å²) in [4.78, 5) is 4.72. The van der Waals surface area contributed by atoms with Gasteiger partial charge in [0.05, 0.1) is 0 Å². The van der Waals surface area contributed by atoms with Gasteiger partial charge < -0.3 is 15.8 Å². The van der Waals surface area contributed by atoms with Crippen molar-refractivity contribution in [3.05, 3.63) is 35.4 Å². The topological polar surface area (TPSA) is 65.1 Å². The summed E-state index contributed by atoms with van der Waals surface area (Å²) in [5.41, 5.74) is 7.67. The normalized spacial score (nSPS) is 24.5. The first kappa shape index (κ1) is 14.8. The van der Waals surface area contributed by atoms with E-state index in [2.05, 4.69) is 36.0 Å². The largest absolute Gasteiger partial charge is 0.409 e. The summed E-state index contributed by atoms with van der Waals surface area (Å²) >= 11 is 0. The lowest BCUT2D eigenvalue weighted by molar-refractivity contribution is 0.250. The maximum absolute atomic E-state index is 8.87. The third kappa shape index (κ3) is 3.11. The fourth-order valence-electron chi connectivity index (χ4n) is 3.05. The highest BCUT2D eigenvalue weighted by Crippen LogP contribution is 2.22. The number of rotatable bonds is 4. The lowest BCUT2D eigenvalue weighted by atomic mass is 10.1. The molecular weight excluding hydrogens is 252 g/mol. The van der Waals surface area contributed by atoms with Crippen molar-refractivity contribution in [2.75, 3.05) is 27.2 Å². The Morgan fingerprint density at radius 1 is 1.40 bits per heavy atom. The van der Waals surface area contributed by atoms with Crippen LogP contribution in [-0.4, -0.2) is 54.1 Å². The van der Waals surface area contributed by atoms with Crippen LogP contribution in [0.25, 0.3) is 0 Å². The third-order valence-corrected chi connectivity index (χ3v) is 4.11. The molecule has 2 atom stereocenters. The second kappa shape index (κ2) is 6.24. The van der Waals surface area contributed by atoms with Crippen LogP contribution in [0, 0.1) is 5.92 Å². The Morgan fingerprint density at radius 2 is 2.10 bits per heavy atom. The SMILES string of the molecule is CC1CN(Cc2ccccc2/C(N)=N/O)CC1N(C)C. The molecule has 1 heterocycles. The average Bonchev–Trinajstić information content (AvgIpc) is 2.79. The fourth-order valence-corrected chi connectivity index (χ4v) is 3.05. The summed E-state index contributed by atoms with van der Waals surface area (Å²) in [7, 11) is 4.27. The molecule has 1 saturated heterocycles. The highest BCUT2D eigenvalue weighted by molar-refractivity contribution is 5.98. The molecule has 3 N–H and O–H groups in total. The Balaban J connectivity index is 2.12. The standard InChI is InChI=1S/C15H24N4O/c1-11-8-19(10-14(11)18(2)3)9-12-6-4-5-7-13(12)15(16)17-20/h4-7,11,14,20H,8-10H2,1-3H3,(H2,16,17). The van der Waals surface area contributed by atoms with E-state index in [9.17, 15) is 0 Å². The molecule has 1 aliphatic rings. The minimum absolute atomic E-state index is 0.178. The number of likely N-dealkylation sites (N-methyl/N-ethyl adjacent to an activating group) is 1. The molecule has 0 spiro atoms. The van der Waals surface area contributed by atoms with E-state index >= 15 is 0 Å². The molecule has 5 heteroatoms. The van der Waals surface area contributed by atoms with Crippen LogP contribution in [-0.2, 0) is 6.54 Å². The van der Waals surface area contributed by atoms with Crippen molar-refractivity contribution in [1.82, 2.24) is 9.80 Å². The zero-order valence-electron chi connectivity index (χ0n) is 12.5. The molecule has 0 radical (unpaired) electrons. The van der Waals surface area contributed by atoms with Gasteiger partial charge in [0, 0.05) is 31.2 Å². The average molecular weight is 276 g/mol. The molecule has 5 nitrogen and oxygen atoms in total. The van der Waals surface area contributed by atoms with Crippen LogP contribution < -0.4 is 5.73 Å². The summed E-state index contributed by atoms with van der Waals surface area (Å²) in [5.74, 6) is 0.832. The van der Waals surface area contributed by atoms with Crippen molar-refractivity contribution in [2.24, 2.45) is 16.8 Å². The van der Waals surface area contributed by atoms with E-state index in [1.807, 2.05) is 24.3 Å². The summed E-state index contributed by atoms with van der Waals surface area (Å²) in [5, 5.41) is 12.0. The Labute approximate surface area is 120 Å². The Bertz CT molecular complexity index is 487. The van der Waals surface area contributed by atoms with Gasteiger partial charge in [0.25, 0.3) is 0 Å². The van der Waals surface area contributed by atoms with E-state index < -0.39 is 0 Å². The number of hydrogen-bond donors (Lipinski definition) is 2. The molecule has 2 rings (SSSR count). The Kier molecular flexibility index (Phi) is 4.62. The number of hydrogen-bond acceptors (Lipinski definition) is 4. The van der Waals surface area contributed by atoms with Crippen molar-refractivity contribution in [2.45, 2.75) is 19.5 Å². The van der Waals surface area contributed by atoms with Crippen LogP contribution in [0.2, 0.25) is 0 Å². The number of oxime groups is 1. The second-order valence-electron chi connectivity index (χ2n) is 5.84. The Morgan fingerprint density at radius 3 is 2.70 bits per heavy atom. The molecule has 1 fully saturated rings. The van der Waals surface area contributed by atoms with Crippen LogP contribution in [0.4, 0.5) is 0 Å². The van der Waals surface area contributed by atoms with Crippen LogP contribution in [0.15, 0.2) is 29.4 Å². The minimum atomic E-state index is 0.178. The fraction of sp³-hybridized carbons (Fsp3) is 0.533. The van der Waals surface area contributed by atoms with Gasteiger partial charge >= 0.3 is 0 Å². The van der Waals surface area contributed by atoms with Gasteiger partial charge in [-0.2, -0.15) is 0 Å². The van der Waals surface area contributed by atoms with E-state index in [-0.39, 0.29) is 5.84 Å². The van der Waals surface area contributed by atoms with E-state index in [4.69, 9.17) is 10.9 Å². The van der Waals surface area contributed by atoms with E-state index in [0.717, 1.165) is 30.8 Å². The summed E-state index contributed by atoms with van der Waals surface area (Å²) in [6.07, 6.45) is 0. The first-order chi connectivity index (χ1) is 9.52. The van der Waals surface area contributed by atoms with E-state index in [1.165, 1.54) is 0 Å². The predicted molar refractivity (Wildman–Crippen MR) is 80.9 cm³/mol. The van der Waals surface area contributed by atoms with Crippen molar-refractivity contribution < 1.29 is 5.21 Å². The maximum atomic E-state index is 8.87. The van der Waals surface area contributed by atoms with Gasteiger partial charge in [-0.25, -0.2) is 0 Å². The van der Waals surface area contributed by atoms with Crippen LogP contribution in [0.3, 0.4) is 0 Å². The lowest BCUT2D eigenvalue weighted by Crippen LogP contribution is -2.34. The van der Waals surface area contributed by atoms with Gasteiger partial charge in [-0.1, -0.05) is 36.3 Å². The van der Waals surface area contributed by atoms with Crippen molar-refractivity contribution in [1.29, 1.82) is 0 Å². The van der Waals surface area contributed by atoms with Crippen molar-refractivity contribution >= 4 is 5.84 Å². The van der Waals surface area contributed by atoms with Gasteiger partial charge in [-0.05, 0) is 25.6 Å². The number of nitrogens with zero attached hydrogens (tertiary/aromatic N) is 3. The molecule has 110 valence electrons. The predicted octanol–water partition coefficient (Wildman–Crippen LogP) is 1.16. The van der Waals surface area contributed by atoms with E-state index in [1.54, 1.807) is 0 Å². The van der Waals surface area contributed by atoms with Gasteiger partial charge in [-0.15, -0.1) is 0 Å². The molecule has 0 aromatic heterocycles. The molecule has 1 aromatic rings. The van der Waals surface area contributed by atoms with Crippen molar-refractivity contribution in [3.63, 3.8) is 0 Å². The minimum Gasteiger partial charge on any atom is -0.409 e. The molecule has 0 aliphatic carbocycles. The summed E-state index contributed by atoms with van der Waals surface area (Å²) < 4.78 is 0. The summed E-state index contributed by atoms with van der Waals surface area (Å²) in [6.45, 7) is 5.26. The first-order valence-corrected chi connectivity index (χ1v) is 6.97. The molecule has 0 saturated carbocycles. The van der Waals surface area contributed by atoms with Crippen LogP contribution >= 0.6 is 0 Å². The van der Waals surface area contributed by atoms with Gasteiger partial charge in [-0.3, -0.25) is 4.90 Å². The molecule has 1 aromatic carbocycles. The maximum Gasteiger partial charge on any atom is 0.170 e. The molecule has 2 unspecified atom stereocenters. The van der Waals surface area contributed by atoms with Gasteiger partial charge in [0.2, 0.25) is 0 Å². The molecule has 20 heavy (non-hydrogen) atoms. The van der Waals surface area contributed by atoms with Gasteiger partial charge in [0.1, 0.15) is 0 Å². The molecule has 0 amide bonds. The number of benzene rings is 1. The quantitative estimate of drug-likeness (QED) is 0.375. The molecule has 0 bridgehead atoms. The molecule has 1 aliphatic heterocycles. The second-order valence-corrected chi connectivity index (χ2v) is 5.84. The smallest absolute Gasteiger partial charge is 0.170 e. The van der Waals surface area contributed by atoms with Crippen molar-refractivity contribution in [3.8, 4) is 0 Å². The molecular formula is C15H24N4O. The van der Waals surface area contributed by atoms with E-state index in [0.29, 0.717) is 12.0 Å². The van der Waals surface area contributed by atoms with Gasteiger partial charge in [0.15, 0.2) is 5.84 Å². The lowest BCUT2D eigenvalue weighted by Gasteiger charge is -2.22. The summed E-state index contributed by atoms with van der Waals surface area (Å²) in [6, 6.07) is 8.43. The number of amidine groups is 1. The Hall–Kier alpha value is -1.59. The highest BCUT2D eigenvalue weighted by Gasteiger charge is 2.31.